The van der Waals surface area contributed by atoms with Crippen LogP contribution in [-0.4, -0.2) is 22.2 Å². The van der Waals surface area contributed by atoms with Gasteiger partial charge >= 0.3 is 0 Å². The van der Waals surface area contributed by atoms with Crippen LogP contribution in [0.1, 0.15) is 31.7 Å². The van der Waals surface area contributed by atoms with Gasteiger partial charge in [0.2, 0.25) is 0 Å². The molecule has 0 saturated carbocycles. The maximum absolute atomic E-state index is 9.51. The van der Waals surface area contributed by atoms with Gasteiger partial charge in [-0.2, -0.15) is 0 Å². The lowest BCUT2D eigenvalue weighted by atomic mass is 9.94. The fourth-order valence-electron chi connectivity index (χ4n) is 2.04. The number of hydrogen-bond donors (Lipinski definition) is 2. The van der Waals surface area contributed by atoms with Crippen LogP contribution in [0.5, 0.6) is 0 Å². The third kappa shape index (κ3) is 2.71. The van der Waals surface area contributed by atoms with Gasteiger partial charge in [0.05, 0.1) is 16.8 Å². The Morgan fingerprint density at radius 1 is 1.28 bits per heavy atom. The number of fused-ring (bicyclic) bond motifs is 1. The summed E-state index contributed by atoms with van der Waals surface area (Å²) in [5.74, 6) is 0. The monoisotopic (exact) mass is 264 g/mol. The Morgan fingerprint density at radius 2 is 2.00 bits per heavy atom. The first-order valence-corrected chi connectivity index (χ1v) is 7.25. The van der Waals surface area contributed by atoms with Gasteiger partial charge in [-0.3, -0.25) is 0 Å². The van der Waals surface area contributed by atoms with E-state index in [1.807, 2.05) is 18.2 Å². The van der Waals surface area contributed by atoms with Crippen LogP contribution >= 0.6 is 11.3 Å². The number of benzene rings is 1. The van der Waals surface area contributed by atoms with Gasteiger partial charge in [0.1, 0.15) is 5.01 Å². The summed E-state index contributed by atoms with van der Waals surface area (Å²) in [6.45, 7) is 5.10. The van der Waals surface area contributed by atoms with Crippen LogP contribution < -0.4 is 5.32 Å². The molecule has 0 aliphatic carbocycles. The average Bonchev–Trinajstić information content (AvgIpc) is 2.84. The molecule has 1 aromatic carbocycles. The quantitative estimate of drug-likeness (QED) is 0.843. The molecular weight excluding hydrogens is 244 g/mol. The highest BCUT2D eigenvalue weighted by atomic mass is 32.1. The van der Waals surface area contributed by atoms with Gasteiger partial charge in [0, 0.05) is 12.1 Å². The Labute approximate surface area is 112 Å². The molecule has 0 aliphatic heterocycles. The predicted molar refractivity (Wildman–Crippen MR) is 76.9 cm³/mol. The topological polar surface area (TPSA) is 45.1 Å². The molecule has 2 N–H and O–H groups in total. The molecule has 18 heavy (non-hydrogen) atoms. The summed E-state index contributed by atoms with van der Waals surface area (Å²) in [6.07, 6.45) is 1.84. The first-order valence-electron chi connectivity index (χ1n) is 6.43. The van der Waals surface area contributed by atoms with Gasteiger partial charge in [-0.1, -0.05) is 26.0 Å². The summed E-state index contributed by atoms with van der Waals surface area (Å²) >= 11 is 1.71. The van der Waals surface area contributed by atoms with E-state index in [2.05, 4.69) is 30.2 Å². The van der Waals surface area contributed by atoms with Gasteiger partial charge < -0.3 is 10.4 Å². The minimum absolute atomic E-state index is 0.169. The van der Waals surface area contributed by atoms with Crippen molar-refractivity contribution < 1.29 is 5.11 Å². The lowest BCUT2D eigenvalue weighted by Crippen LogP contribution is -2.47. The van der Waals surface area contributed by atoms with E-state index in [-0.39, 0.29) is 12.1 Å². The maximum atomic E-state index is 9.51. The molecule has 0 atom stereocenters. The third-order valence-corrected chi connectivity index (χ3v) is 4.65. The number of aliphatic hydroxyl groups is 1. The molecule has 3 nitrogen and oxygen atoms in total. The van der Waals surface area contributed by atoms with E-state index < -0.39 is 0 Å². The largest absolute Gasteiger partial charge is 0.394 e. The van der Waals surface area contributed by atoms with Crippen molar-refractivity contribution in [3.63, 3.8) is 0 Å². The van der Waals surface area contributed by atoms with Crippen LogP contribution in [-0.2, 0) is 6.54 Å². The summed E-state index contributed by atoms with van der Waals surface area (Å²) in [6, 6.07) is 8.17. The average molecular weight is 264 g/mol. The fraction of sp³-hybridized carbons (Fsp3) is 0.500. The molecule has 0 radical (unpaired) electrons. The summed E-state index contributed by atoms with van der Waals surface area (Å²) in [5.41, 5.74) is 0.889. The van der Waals surface area contributed by atoms with Crippen LogP contribution in [0.15, 0.2) is 24.3 Å². The second-order valence-electron chi connectivity index (χ2n) is 4.57. The van der Waals surface area contributed by atoms with Crippen molar-refractivity contribution in [2.45, 2.75) is 38.8 Å². The molecule has 0 amide bonds. The number of aromatic nitrogens is 1. The normalized spacial score (nSPS) is 12.2. The molecular formula is C14H20N2OS. The molecule has 98 valence electrons. The van der Waals surface area contributed by atoms with E-state index in [1.165, 1.54) is 4.70 Å². The Kier molecular flexibility index (Phi) is 4.32. The Balaban J connectivity index is 2.09. The van der Waals surface area contributed by atoms with Crippen LogP contribution in [0.4, 0.5) is 0 Å². The van der Waals surface area contributed by atoms with E-state index in [0.717, 1.165) is 29.9 Å². The van der Waals surface area contributed by atoms with Crippen LogP contribution in [0.25, 0.3) is 10.2 Å². The summed E-state index contributed by atoms with van der Waals surface area (Å²) in [5, 5.41) is 14.1. The molecule has 0 fully saturated rings. The highest BCUT2D eigenvalue weighted by Gasteiger charge is 2.24. The van der Waals surface area contributed by atoms with Gasteiger partial charge in [-0.15, -0.1) is 11.3 Å². The first kappa shape index (κ1) is 13.5. The van der Waals surface area contributed by atoms with Crippen molar-refractivity contribution in [3.05, 3.63) is 29.3 Å². The second kappa shape index (κ2) is 5.78. The van der Waals surface area contributed by atoms with Gasteiger partial charge in [0.15, 0.2) is 0 Å². The van der Waals surface area contributed by atoms with E-state index in [4.69, 9.17) is 0 Å². The minimum Gasteiger partial charge on any atom is -0.394 e. The molecule has 2 rings (SSSR count). The fourth-order valence-corrected chi connectivity index (χ4v) is 2.95. The second-order valence-corrected chi connectivity index (χ2v) is 5.69. The number of hydrogen-bond acceptors (Lipinski definition) is 4. The van der Waals surface area contributed by atoms with Crippen molar-refractivity contribution in [2.24, 2.45) is 0 Å². The number of thiazole rings is 1. The number of nitrogens with one attached hydrogen (secondary N) is 1. The Morgan fingerprint density at radius 3 is 2.61 bits per heavy atom. The van der Waals surface area contributed by atoms with Gasteiger partial charge in [-0.05, 0) is 25.0 Å². The molecule has 0 saturated heterocycles. The standard InChI is InChI=1S/C14H20N2OS/c1-3-14(4-2,10-17)15-9-13-16-11-7-5-6-8-12(11)18-13/h5-8,15,17H,3-4,9-10H2,1-2H3. The zero-order valence-corrected chi connectivity index (χ0v) is 11.8. The smallest absolute Gasteiger partial charge is 0.108 e. The highest BCUT2D eigenvalue weighted by molar-refractivity contribution is 7.18. The van der Waals surface area contributed by atoms with Crippen LogP contribution in [0.3, 0.4) is 0 Å². The van der Waals surface area contributed by atoms with Crippen molar-refractivity contribution in [3.8, 4) is 0 Å². The summed E-state index contributed by atoms with van der Waals surface area (Å²) < 4.78 is 1.22. The number of nitrogens with zero attached hydrogens (tertiary/aromatic N) is 1. The van der Waals surface area contributed by atoms with E-state index in [1.54, 1.807) is 11.3 Å². The van der Waals surface area contributed by atoms with E-state index in [9.17, 15) is 5.11 Å². The molecule has 0 spiro atoms. The van der Waals surface area contributed by atoms with E-state index >= 15 is 0 Å². The van der Waals surface area contributed by atoms with Crippen molar-refractivity contribution in [2.75, 3.05) is 6.61 Å². The number of rotatable bonds is 6. The molecule has 0 unspecified atom stereocenters. The Bertz CT molecular complexity index is 464. The highest BCUT2D eigenvalue weighted by Crippen LogP contribution is 2.22. The van der Waals surface area contributed by atoms with Crippen molar-refractivity contribution in [1.82, 2.24) is 10.3 Å². The molecule has 0 bridgehead atoms. The lowest BCUT2D eigenvalue weighted by Gasteiger charge is -2.30. The Hall–Kier alpha value is -0.970. The lowest BCUT2D eigenvalue weighted by molar-refractivity contribution is 0.149. The van der Waals surface area contributed by atoms with Crippen molar-refractivity contribution in [1.29, 1.82) is 0 Å². The predicted octanol–water partition coefficient (Wildman–Crippen LogP) is 2.94. The van der Waals surface area contributed by atoms with Crippen LogP contribution in [0, 0.1) is 0 Å². The van der Waals surface area contributed by atoms with Gasteiger partial charge in [-0.25, -0.2) is 4.98 Å². The zero-order chi connectivity index (χ0) is 13.0. The minimum atomic E-state index is -0.169. The summed E-state index contributed by atoms with van der Waals surface area (Å²) in [7, 11) is 0. The number of para-hydroxylation sites is 1. The molecule has 4 heteroatoms. The number of aliphatic hydroxyl groups excluding tert-OH is 1. The molecule has 2 aromatic rings. The third-order valence-electron chi connectivity index (χ3n) is 3.61. The SMILES string of the molecule is CCC(CC)(CO)NCc1nc2ccccc2s1. The van der Waals surface area contributed by atoms with Crippen molar-refractivity contribution >= 4 is 21.6 Å². The maximum Gasteiger partial charge on any atom is 0.108 e. The first-order chi connectivity index (χ1) is 8.73. The van der Waals surface area contributed by atoms with Crippen LogP contribution in [0.2, 0.25) is 0 Å². The van der Waals surface area contributed by atoms with Gasteiger partial charge in [0.25, 0.3) is 0 Å². The zero-order valence-electron chi connectivity index (χ0n) is 10.9. The molecule has 0 aliphatic rings. The molecule has 1 heterocycles. The van der Waals surface area contributed by atoms with E-state index in [0.29, 0.717) is 0 Å². The molecule has 1 aromatic heterocycles. The summed E-state index contributed by atoms with van der Waals surface area (Å²) in [4.78, 5) is 4.59.